The molecule has 1 atom stereocenters. The predicted molar refractivity (Wildman–Crippen MR) is 71.2 cm³/mol. The molecule has 2 aromatic rings. The van der Waals surface area contributed by atoms with Gasteiger partial charge >= 0.3 is 6.18 Å². The van der Waals surface area contributed by atoms with E-state index >= 15 is 0 Å². The van der Waals surface area contributed by atoms with E-state index in [1.165, 1.54) is 12.1 Å². The first-order chi connectivity index (χ1) is 8.79. The molecule has 0 saturated heterocycles. The molecule has 4 heteroatoms. The van der Waals surface area contributed by atoms with Crippen molar-refractivity contribution in [2.45, 2.75) is 39.3 Å². The summed E-state index contributed by atoms with van der Waals surface area (Å²) in [5, 5.41) is 0.683. The smallest absolute Gasteiger partial charge is 0.361 e. The molecule has 0 bridgehead atoms. The summed E-state index contributed by atoms with van der Waals surface area (Å²) < 4.78 is 38.3. The summed E-state index contributed by atoms with van der Waals surface area (Å²) >= 11 is 0. The van der Waals surface area contributed by atoms with Crippen LogP contribution in [0.5, 0.6) is 0 Å². The lowest BCUT2D eigenvalue weighted by molar-refractivity contribution is -0.137. The summed E-state index contributed by atoms with van der Waals surface area (Å²) in [5.41, 5.74) is 1.14. The third-order valence-corrected chi connectivity index (χ3v) is 3.40. The Morgan fingerprint density at radius 3 is 2.42 bits per heavy atom. The van der Waals surface area contributed by atoms with E-state index in [1.54, 1.807) is 0 Å². The highest BCUT2D eigenvalue weighted by Crippen LogP contribution is 2.35. The Kier molecular flexibility index (Phi) is 3.61. The zero-order valence-electron chi connectivity index (χ0n) is 11.3. The van der Waals surface area contributed by atoms with Crippen LogP contribution < -0.4 is 0 Å². The normalized spacial score (nSPS) is 14.3. The van der Waals surface area contributed by atoms with Crippen molar-refractivity contribution < 1.29 is 13.2 Å². The number of halogens is 3. The Balaban J connectivity index is 2.45. The monoisotopic (exact) mass is 269 g/mol. The summed E-state index contributed by atoms with van der Waals surface area (Å²) in [5.74, 6) is 0.767. The van der Waals surface area contributed by atoms with Gasteiger partial charge in [-0.1, -0.05) is 20.8 Å². The second-order valence-corrected chi connectivity index (χ2v) is 5.53. The quantitative estimate of drug-likeness (QED) is 0.774. The van der Waals surface area contributed by atoms with Crippen molar-refractivity contribution in [1.29, 1.82) is 0 Å². The van der Waals surface area contributed by atoms with Gasteiger partial charge in [0.05, 0.1) is 5.56 Å². The van der Waals surface area contributed by atoms with Crippen LogP contribution in [0.3, 0.4) is 0 Å². The standard InChI is InChI=1S/C15H18F3N/c1-9(2)6-10(3)13-8-19-14-5-4-11(7-12(13)14)15(16,17)18/h4-5,7-10,19H,6H2,1-3H3. The molecule has 1 aromatic carbocycles. The van der Waals surface area contributed by atoms with E-state index < -0.39 is 11.7 Å². The highest BCUT2D eigenvalue weighted by atomic mass is 19.4. The molecule has 0 aliphatic rings. The lowest BCUT2D eigenvalue weighted by Crippen LogP contribution is -2.04. The number of hydrogen-bond donors (Lipinski definition) is 1. The molecule has 0 aliphatic heterocycles. The van der Waals surface area contributed by atoms with Gasteiger partial charge in [-0.2, -0.15) is 13.2 Å². The lowest BCUT2D eigenvalue weighted by atomic mass is 9.91. The number of aromatic nitrogens is 1. The Morgan fingerprint density at radius 2 is 1.84 bits per heavy atom. The van der Waals surface area contributed by atoms with Gasteiger partial charge in [-0.05, 0) is 42.0 Å². The number of fused-ring (bicyclic) bond motifs is 1. The molecule has 104 valence electrons. The maximum Gasteiger partial charge on any atom is 0.416 e. The van der Waals surface area contributed by atoms with Crippen LogP contribution in [-0.2, 0) is 6.18 Å². The first kappa shape index (κ1) is 14.0. The zero-order chi connectivity index (χ0) is 14.2. The molecular weight excluding hydrogens is 251 g/mol. The van der Waals surface area contributed by atoms with Crippen LogP contribution in [0.1, 0.15) is 44.2 Å². The van der Waals surface area contributed by atoms with E-state index in [0.29, 0.717) is 11.3 Å². The van der Waals surface area contributed by atoms with E-state index in [0.717, 1.165) is 23.6 Å². The maximum absolute atomic E-state index is 12.8. The molecular formula is C15H18F3N. The lowest BCUT2D eigenvalue weighted by Gasteiger charge is -2.14. The van der Waals surface area contributed by atoms with E-state index in [9.17, 15) is 13.2 Å². The first-order valence-corrected chi connectivity index (χ1v) is 6.47. The molecule has 1 unspecified atom stereocenters. The molecule has 0 aliphatic carbocycles. The number of H-pyrrole nitrogens is 1. The van der Waals surface area contributed by atoms with Crippen LogP contribution in [0.15, 0.2) is 24.4 Å². The van der Waals surface area contributed by atoms with Crippen molar-refractivity contribution >= 4 is 10.9 Å². The Bertz CT molecular complexity index is 566. The van der Waals surface area contributed by atoms with Crippen LogP contribution in [-0.4, -0.2) is 4.98 Å². The second-order valence-electron chi connectivity index (χ2n) is 5.53. The van der Waals surface area contributed by atoms with Crippen molar-refractivity contribution in [2.75, 3.05) is 0 Å². The summed E-state index contributed by atoms with van der Waals surface area (Å²) in [4.78, 5) is 3.05. The minimum Gasteiger partial charge on any atom is -0.361 e. The van der Waals surface area contributed by atoms with Crippen molar-refractivity contribution in [3.63, 3.8) is 0 Å². The van der Waals surface area contributed by atoms with Crippen LogP contribution in [0.2, 0.25) is 0 Å². The van der Waals surface area contributed by atoms with Crippen LogP contribution in [0.25, 0.3) is 10.9 Å². The van der Waals surface area contributed by atoms with E-state index in [2.05, 4.69) is 25.8 Å². The minimum atomic E-state index is -4.29. The molecule has 0 amide bonds. The summed E-state index contributed by atoms with van der Waals surface area (Å²) in [6.45, 7) is 6.29. The SMILES string of the molecule is CC(C)CC(C)c1c[nH]c2ccc(C(F)(F)F)cc12. The van der Waals surface area contributed by atoms with Gasteiger partial charge in [0.1, 0.15) is 0 Å². The van der Waals surface area contributed by atoms with Crippen molar-refractivity contribution in [3.05, 3.63) is 35.5 Å². The van der Waals surface area contributed by atoms with Crippen LogP contribution >= 0.6 is 0 Å². The third-order valence-electron chi connectivity index (χ3n) is 3.40. The molecule has 2 rings (SSSR count). The Labute approximate surface area is 110 Å². The summed E-state index contributed by atoms with van der Waals surface area (Å²) in [6, 6.07) is 3.87. The summed E-state index contributed by atoms with van der Waals surface area (Å²) in [6.07, 6.45) is -1.49. The molecule has 0 spiro atoms. The topological polar surface area (TPSA) is 15.8 Å². The number of rotatable bonds is 3. The molecule has 0 radical (unpaired) electrons. The van der Waals surface area contributed by atoms with Crippen molar-refractivity contribution in [1.82, 2.24) is 4.98 Å². The fourth-order valence-electron chi connectivity index (χ4n) is 2.56. The third kappa shape index (κ3) is 2.94. The number of aromatic amines is 1. The predicted octanol–water partition coefficient (Wildman–Crippen LogP) is 5.34. The van der Waals surface area contributed by atoms with Gasteiger partial charge in [0.2, 0.25) is 0 Å². The van der Waals surface area contributed by atoms with Gasteiger partial charge in [0.15, 0.2) is 0 Å². The number of nitrogens with one attached hydrogen (secondary N) is 1. The summed E-state index contributed by atoms with van der Waals surface area (Å²) in [7, 11) is 0. The second kappa shape index (κ2) is 4.91. The fraction of sp³-hybridized carbons (Fsp3) is 0.467. The van der Waals surface area contributed by atoms with E-state index in [4.69, 9.17) is 0 Å². The molecule has 19 heavy (non-hydrogen) atoms. The first-order valence-electron chi connectivity index (χ1n) is 6.47. The Hall–Kier alpha value is -1.45. The van der Waals surface area contributed by atoms with E-state index in [1.807, 2.05) is 6.20 Å². The maximum atomic E-state index is 12.8. The van der Waals surface area contributed by atoms with Gasteiger partial charge in [0, 0.05) is 17.1 Å². The van der Waals surface area contributed by atoms with Gasteiger partial charge in [-0.15, -0.1) is 0 Å². The van der Waals surface area contributed by atoms with Gasteiger partial charge < -0.3 is 4.98 Å². The van der Waals surface area contributed by atoms with Gasteiger partial charge in [0.25, 0.3) is 0 Å². The number of alkyl halides is 3. The minimum absolute atomic E-state index is 0.247. The average Bonchev–Trinajstić information content (AvgIpc) is 2.69. The molecule has 0 fully saturated rings. The molecule has 1 nitrogen and oxygen atoms in total. The van der Waals surface area contributed by atoms with Crippen molar-refractivity contribution in [3.8, 4) is 0 Å². The average molecular weight is 269 g/mol. The molecule has 1 aromatic heterocycles. The van der Waals surface area contributed by atoms with Gasteiger partial charge in [-0.25, -0.2) is 0 Å². The van der Waals surface area contributed by atoms with E-state index in [-0.39, 0.29) is 5.92 Å². The molecule has 1 heterocycles. The van der Waals surface area contributed by atoms with Crippen molar-refractivity contribution in [2.24, 2.45) is 5.92 Å². The zero-order valence-corrected chi connectivity index (χ0v) is 11.3. The Morgan fingerprint density at radius 1 is 1.16 bits per heavy atom. The van der Waals surface area contributed by atoms with Gasteiger partial charge in [-0.3, -0.25) is 0 Å². The molecule has 1 N–H and O–H groups in total. The van der Waals surface area contributed by atoms with Crippen LogP contribution in [0, 0.1) is 5.92 Å². The van der Waals surface area contributed by atoms with Crippen LogP contribution in [0.4, 0.5) is 13.2 Å². The fourth-order valence-corrected chi connectivity index (χ4v) is 2.56. The molecule has 0 saturated carbocycles. The number of benzene rings is 1. The number of hydrogen-bond acceptors (Lipinski definition) is 0. The largest absolute Gasteiger partial charge is 0.416 e. The highest BCUT2D eigenvalue weighted by molar-refractivity contribution is 5.84. The highest BCUT2D eigenvalue weighted by Gasteiger charge is 2.31.